The van der Waals surface area contributed by atoms with E-state index >= 15 is 0 Å². The number of nitrogens with zero attached hydrogens (tertiary/aromatic N) is 1. The number of fused-ring (bicyclic) bond motifs is 3. The van der Waals surface area contributed by atoms with Gasteiger partial charge in [-0.1, -0.05) is 30.3 Å². The summed E-state index contributed by atoms with van der Waals surface area (Å²) in [4.78, 5) is 0.0180. The van der Waals surface area contributed by atoms with Gasteiger partial charge < -0.3 is 5.32 Å². The van der Waals surface area contributed by atoms with Crippen LogP contribution in [0, 0.1) is 11.7 Å². The van der Waals surface area contributed by atoms with Crippen LogP contribution in [0.3, 0.4) is 0 Å². The van der Waals surface area contributed by atoms with Crippen molar-refractivity contribution < 1.29 is 12.8 Å². The Balaban J connectivity index is 1.76. The largest absolute Gasteiger partial charge is 0.316 e. The Bertz CT molecular complexity index is 869. The van der Waals surface area contributed by atoms with Gasteiger partial charge in [0.2, 0.25) is 10.0 Å². The first-order valence-corrected chi connectivity index (χ1v) is 9.54. The van der Waals surface area contributed by atoms with Gasteiger partial charge in [-0.05, 0) is 41.8 Å². The molecule has 0 amide bonds. The molecule has 4 nitrogen and oxygen atoms in total. The van der Waals surface area contributed by atoms with Crippen LogP contribution >= 0.6 is 0 Å². The number of hydrogen-bond acceptors (Lipinski definition) is 3. The summed E-state index contributed by atoms with van der Waals surface area (Å²) < 4.78 is 41.1. The number of halogens is 1. The minimum atomic E-state index is -3.72. The average molecular weight is 346 g/mol. The van der Waals surface area contributed by atoms with E-state index in [9.17, 15) is 12.8 Å². The van der Waals surface area contributed by atoms with Crippen molar-refractivity contribution in [1.82, 2.24) is 9.62 Å². The van der Waals surface area contributed by atoms with Gasteiger partial charge in [0.15, 0.2) is 0 Å². The highest BCUT2D eigenvalue weighted by Crippen LogP contribution is 2.36. The van der Waals surface area contributed by atoms with E-state index in [4.69, 9.17) is 0 Å². The van der Waals surface area contributed by atoms with Crippen LogP contribution in [0.25, 0.3) is 0 Å². The molecule has 24 heavy (non-hydrogen) atoms. The summed E-state index contributed by atoms with van der Waals surface area (Å²) in [6, 6.07) is 13.3. The molecule has 0 aromatic heterocycles. The molecule has 2 aromatic carbocycles. The molecule has 1 saturated heterocycles. The molecule has 0 spiro atoms. The summed E-state index contributed by atoms with van der Waals surface area (Å²) in [6.07, 6.45) is 0. The van der Waals surface area contributed by atoms with E-state index in [1.807, 2.05) is 18.2 Å². The number of nitrogens with one attached hydrogen (secondary N) is 1. The highest BCUT2D eigenvalue weighted by Gasteiger charge is 2.38. The Hall–Kier alpha value is -1.76. The fourth-order valence-corrected chi connectivity index (χ4v) is 5.31. The molecule has 2 aromatic rings. The molecule has 2 aliphatic heterocycles. The van der Waals surface area contributed by atoms with Gasteiger partial charge in [0.05, 0.1) is 4.90 Å². The molecule has 2 atom stereocenters. The van der Waals surface area contributed by atoms with E-state index in [0.29, 0.717) is 19.0 Å². The SMILES string of the molecule is O=S(=O)(c1cccc(F)c1)N1Cc2ccccc2[C@H]2CNC[C@@H]2C1. The predicted molar refractivity (Wildman–Crippen MR) is 89.5 cm³/mol. The van der Waals surface area contributed by atoms with E-state index in [1.165, 1.54) is 28.1 Å². The van der Waals surface area contributed by atoms with Crippen LogP contribution in [0.15, 0.2) is 53.4 Å². The summed E-state index contributed by atoms with van der Waals surface area (Å²) in [6.45, 7) is 2.46. The second-order valence-electron chi connectivity index (χ2n) is 6.48. The molecule has 0 radical (unpaired) electrons. The molecule has 1 N–H and O–H groups in total. The normalized spacial score (nSPS) is 24.2. The van der Waals surface area contributed by atoms with Crippen LogP contribution < -0.4 is 5.32 Å². The van der Waals surface area contributed by atoms with Crippen molar-refractivity contribution >= 4 is 10.0 Å². The lowest BCUT2D eigenvalue weighted by Crippen LogP contribution is -2.35. The fourth-order valence-electron chi connectivity index (χ4n) is 3.80. The average Bonchev–Trinajstić information content (AvgIpc) is 2.96. The zero-order valence-electron chi connectivity index (χ0n) is 13.2. The lowest BCUT2D eigenvalue weighted by Gasteiger charge is -2.23. The maximum atomic E-state index is 13.5. The topological polar surface area (TPSA) is 49.4 Å². The molecule has 4 rings (SSSR count). The van der Waals surface area contributed by atoms with Crippen LogP contribution in [0.5, 0.6) is 0 Å². The molecule has 6 heteroatoms. The third-order valence-corrected chi connectivity index (χ3v) is 6.82. The second kappa shape index (κ2) is 5.95. The third-order valence-electron chi connectivity index (χ3n) is 5.01. The first-order valence-electron chi connectivity index (χ1n) is 8.10. The van der Waals surface area contributed by atoms with Crippen LogP contribution in [0.4, 0.5) is 4.39 Å². The lowest BCUT2D eigenvalue weighted by atomic mass is 9.87. The number of rotatable bonds is 2. The maximum absolute atomic E-state index is 13.5. The van der Waals surface area contributed by atoms with Gasteiger partial charge in [0.25, 0.3) is 0 Å². The molecule has 2 heterocycles. The van der Waals surface area contributed by atoms with Gasteiger partial charge in [-0.2, -0.15) is 4.31 Å². The quantitative estimate of drug-likeness (QED) is 0.908. The van der Waals surface area contributed by atoms with Gasteiger partial charge in [-0.25, -0.2) is 12.8 Å². The first-order chi connectivity index (χ1) is 11.6. The Morgan fingerprint density at radius 2 is 1.92 bits per heavy atom. The standard InChI is InChI=1S/C18H19FN2O2S/c19-15-5-3-6-16(8-15)24(22,23)21-11-13-4-1-2-7-17(13)18-10-20-9-14(18)12-21/h1-8,14,18,20H,9-12H2/t14-,18+/m1/s1. The van der Waals surface area contributed by atoms with Crippen molar-refractivity contribution in [3.05, 3.63) is 65.5 Å². The fraction of sp³-hybridized carbons (Fsp3) is 0.333. The van der Waals surface area contributed by atoms with Gasteiger partial charge in [0, 0.05) is 25.6 Å². The number of hydrogen-bond donors (Lipinski definition) is 1. The monoisotopic (exact) mass is 346 g/mol. The Kier molecular flexibility index (Phi) is 3.90. The molecular weight excluding hydrogens is 327 g/mol. The van der Waals surface area contributed by atoms with E-state index in [0.717, 1.165) is 24.7 Å². The molecule has 0 unspecified atom stereocenters. The molecule has 0 bridgehead atoms. The van der Waals surface area contributed by atoms with Gasteiger partial charge >= 0.3 is 0 Å². The van der Waals surface area contributed by atoms with E-state index in [-0.39, 0.29) is 10.8 Å². The van der Waals surface area contributed by atoms with Gasteiger partial charge in [-0.15, -0.1) is 0 Å². The van der Waals surface area contributed by atoms with E-state index in [2.05, 4.69) is 11.4 Å². The lowest BCUT2D eigenvalue weighted by molar-refractivity contribution is 0.350. The third kappa shape index (κ3) is 2.64. The van der Waals surface area contributed by atoms with Crippen molar-refractivity contribution in [1.29, 1.82) is 0 Å². The summed E-state index contributed by atoms with van der Waals surface area (Å²) in [5.41, 5.74) is 2.26. The highest BCUT2D eigenvalue weighted by atomic mass is 32.2. The summed E-state index contributed by atoms with van der Waals surface area (Å²) >= 11 is 0. The molecular formula is C18H19FN2O2S. The molecule has 0 saturated carbocycles. The van der Waals surface area contributed by atoms with Crippen molar-refractivity contribution in [3.63, 3.8) is 0 Å². The van der Waals surface area contributed by atoms with Crippen LogP contribution in [0.1, 0.15) is 17.0 Å². The maximum Gasteiger partial charge on any atom is 0.243 e. The van der Waals surface area contributed by atoms with Crippen molar-refractivity contribution in [2.24, 2.45) is 5.92 Å². The second-order valence-corrected chi connectivity index (χ2v) is 8.42. The summed E-state index contributed by atoms with van der Waals surface area (Å²) in [7, 11) is -3.72. The smallest absolute Gasteiger partial charge is 0.243 e. The van der Waals surface area contributed by atoms with Crippen LogP contribution in [0.2, 0.25) is 0 Å². The molecule has 1 fully saturated rings. The minimum Gasteiger partial charge on any atom is -0.316 e. The minimum absolute atomic E-state index is 0.0180. The highest BCUT2D eigenvalue weighted by molar-refractivity contribution is 7.89. The first kappa shape index (κ1) is 15.7. The van der Waals surface area contributed by atoms with E-state index in [1.54, 1.807) is 0 Å². The zero-order chi connectivity index (χ0) is 16.7. The zero-order valence-corrected chi connectivity index (χ0v) is 14.0. The van der Waals surface area contributed by atoms with Crippen LogP contribution in [-0.2, 0) is 16.6 Å². The van der Waals surface area contributed by atoms with Crippen molar-refractivity contribution in [3.8, 4) is 0 Å². The predicted octanol–water partition coefficient (Wildman–Crippen LogP) is 2.33. The van der Waals surface area contributed by atoms with Gasteiger partial charge in [0.1, 0.15) is 5.82 Å². The Morgan fingerprint density at radius 1 is 1.08 bits per heavy atom. The Morgan fingerprint density at radius 3 is 2.75 bits per heavy atom. The van der Waals surface area contributed by atoms with Gasteiger partial charge in [-0.3, -0.25) is 0 Å². The van der Waals surface area contributed by atoms with E-state index < -0.39 is 15.8 Å². The molecule has 126 valence electrons. The molecule has 0 aliphatic carbocycles. The Labute approximate surface area is 141 Å². The van der Waals surface area contributed by atoms with Crippen molar-refractivity contribution in [2.75, 3.05) is 19.6 Å². The molecule has 2 aliphatic rings. The summed E-state index contributed by atoms with van der Waals surface area (Å²) in [5.74, 6) is 0.0256. The van der Waals surface area contributed by atoms with Crippen LogP contribution in [-0.4, -0.2) is 32.4 Å². The van der Waals surface area contributed by atoms with Crippen molar-refractivity contribution in [2.45, 2.75) is 17.4 Å². The number of benzene rings is 2. The number of sulfonamides is 1. The summed E-state index contributed by atoms with van der Waals surface area (Å²) in [5, 5.41) is 3.37.